The fourth-order valence-corrected chi connectivity index (χ4v) is 4.45. The van der Waals surface area contributed by atoms with E-state index < -0.39 is 27.6 Å². The average molecular weight is 561 g/mol. The number of benzene rings is 1. The number of ether oxygens (including phenoxy) is 1. The summed E-state index contributed by atoms with van der Waals surface area (Å²) < 4.78 is 36.4. The summed E-state index contributed by atoms with van der Waals surface area (Å²) in [6.45, 7) is 7.14. The van der Waals surface area contributed by atoms with Gasteiger partial charge >= 0.3 is 5.97 Å². The summed E-state index contributed by atoms with van der Waals surface area (Å²) in [5.41, 5.74) is 1.26. The molecule has 0 saturated heterocycles. The fourth-order valence-electron chi connectivity index (χ4n) is 2.71. The van der Waals surface area contributed by atoms with Crippen molar-refractivity contribution in [1.29, 1.82) is 0 Å². The second-order valence-corrected chi connectivity index (χ2v) is 11.4. The lowest BCUT2D eigenvalue weighted by molar-refractivity contribution is -0.144. The zero-order chi connectivity index (χ0) is 24.8. The maximum atomic E-state index is 13.4. The number of rotatable bonds is 9. The molecule has 11 heteroatoms. The molecule has 0 saturated carbocycles. The maximum Gasteiger partial charge on any atom is 0.326 e. The van der Waals surface area contributed by atoms with E-state index in [1.165, 1.54) is 28.5 Å². The average Bonchev–Trinajstić information content (AvgIpc) is 2.75. The summed E-state index contributed by atoms with van der Waals surface area (Å²) in [7, 11) is 0. The summed E-state index contributed by atoms with van der Waals surface area (Å²) >= 11 is 3.04. The van der Waals surface area contributed by atoms with E-state index >= 15 is 0 Å². The van der Waals surface area contributed by atoms with E-state index in [9.17, 15) is 18.5 Å². The van der Waals surface area contributed by atoms with Crippen molar-refractivity contribution in [3.05, 3.63) is 56.2 Å². The van der Waals surface area contributed by atoms with E-state index in [1.807, 2.05) is 20.8 Å². The largest absolute Gasteiger partial charge is 0.591 e. The molecule has 1 heterocycles. The van der Waals surface area contributed by atoms with Crippen molar-refractivity contribution < 1.29 is 18.5 Å². The zero-order valence-corrected chi connectivity index (χ0v) is 22.4. The number of carbonyl (C=O) groups is 1. The minimum absolute atomic E-state index is 0.219. The third kappa shape index (κ3) is 7.66. The Morgan fingerprint density at radius 1 is 1.33 bits per heavy atom. The molecule has 2 aromatic rings. The van der Waals surface area contributed by atoms with Gasteiger partial charge in [-0.3, -0.25) is 14.2 Å². The van der Waals surface area contributed by atoms with Crippen LogP contribution in [0.3, 0.4) is 0 Å². The number of esters is 1. The second-order valence-electron chi connectivity index (χ2n) is 7.96. The first-order valence-corrected chi connectivity index (χ1v) is 13.3. The molecule has 1 aromatic carbocycles. The molecule has 0 radical (unpaired) electrons. The number of thioether (sulfide) groups is 1. The summed E-state index contributed by atoms with van der Waals surface area (Å²) in [5.74, 6) is -0.902. The van der Waals surface area contributed by atoms with Gasteiger partial charge in [0.2, 0.25) is 0 Å². The normalized spacial score (nSPS) is 13.2. The van der Waals surface area contributed by atoms with Gasteiger partial charge < -0.3 is 9.29 Å². The van der Waals surface area contributed by atoms with Crippen LogP contribution in [0.1, 0.15) is 45.4 Å². The molecule has 0 amide bonds. The highest BCUT2D eigenvalue weighted by molar-refractivity contribution is 9.10. The first kappa shape index (κ1) is 27.6. The van der Waals surface area contributed by atoms with Gasteiger partial charge in [0, 0.05) is 12.0 Å². The van der Waals surface area contributed by atoms with Crippen LogP contribution in [0.5, 0.6) is 0 Å². The minimum atomic E-state index is -1.52. The van der Waals surface area contributed by atoms with Gasteiger partial charge in [0.1, 0.15) is 32.9 Å². The molecule has 0 aliphatic rings. The molecular formula is C22H27BrFN3O4S2. The van der Waals surface area contributed by atoms with E-state index in [4.69, 9.17) is 4.74 Å². The van der Waals surface area contributed by atoms with Crippen LogP contribution in [0.4, 0.5) is 4.39 Å². The molecule has 0 spiro atoms. The van der Waals surface area contributed by atoms with Crippen LogP contribution >= 0.6 is 27.7 Å². The van der Waals surface area contributed by atoms with Crippen molar-refractivity contribution >= 4 is 50.7 Å². The van der Waals surface area contributed by atoms with Gasteiger partial charge in [0.25, 0.3) is 5.56 Å². The van der Waals surface area contributed by atoms with Gasteiger partial charge in [-0.2, -0.15) is 0 Å². The van der Waals surface area contributed by atoms with Crippen LogP contribution < -0.4 is 5.56 Å². The number of aryl methyl sites for hydroxylation is 1. The Hall–Kier alpha value is -1.69. The SMILES string of the molecule is CCOC(=O)Cn1c(SC)nc(CCC(=N[S+]([O-])C(C)(C)C)c2ccc(F)cc2)c(Br)c1=O. The summed E-state index contributed by atoms with van der Waals surface area (Å²) in [6.07, 6.45) is 2.41. The van der Waals surface area contributed by atoms with Gasteiger partial charge in [0.05, 0.1) is 18.0 Å². The van der Waals surface area contributed by atoms with Crippen LogP contribution in [-0.4, -0.2) is 43.4 Å². The molecule has 1 atom stereocenters. The second kappa shape index (κ2) is 12.1. The monoisotopic (exact) mass is 559 g/mol. The third-order valence-electron chi connectivity index (χ3n) is 4.42. The Morgan fingerprint density at radius 2 is 1.97 bits per heavy atom. The zero-order valence-electron chi connectivity index (χ0n) is 19.2. The molecule has 1 unspecified atom stereocenters. The fraction of sp³-hybridized carbons (Fsp3) is 0.455. The molecule has 0 fully saturated rings. The smallest absolute Gasteiger partial charge is 0.326 e. The molecule has 2 rings (SSSR count). The number of halogens is 2. The Balaban J connectivity index is 2.39. The van der Waals surface area contributed by atoms with Crippen molar-refractivity contribution in [3.63, 3.8) is 0 Å². The van der Waals surface area contributed by atoms with Gasteiger partial charge in [-0.05, 0) is 68.4 Å². The quantitative estimate of drug-likeness (QED) is 0.149. The van der Waals surface area contributed by atoms with Crippen LogP contribution in [0.2, 0.25) is 0 Å². The topological polar surface area (TPSA) is 96.6 Å². The third-order valence-corrected chi connectivity index (χ3v) is 7.32. The summed E-state index contributed by atoms with van der Waals surface area (Å²) in [6, 6.07) is 5.81. The standard InChI is InChI=1S/C22H27BrFN3O4S2/c1-6-31-18(28)13-27-20(29)19(23)17(25-21(27)32-5)12-11-16(26-33(30)22(2,3)4)14-7-9-15(24)10-8-14/h7-10H,6,11-13H2,1-5H3. The highest BCUT2D eigenvalue weighted by Crippen LogP contribution is 2.22. The summed E-state index contributed by atoms with van der Waals surface area (Å²) in [5, 5.41) is 0.379. The van der Waals surface area contributed by atoms with Crippen molar-refractivity contribution in [1.82, 2.24) is 9.55 Å². The van der Waals surface area contributed by atoms with Crippen LogP contribution in [0.15, 0.2) is 43.1 Å². The molecule has 0 bridgehead atoms. The van der Waals surface area contributed by atoms with Gasteiger partial charge in [-0.25, -0.2) is 9.37 Å². The van der Waals surface area contributed by atoms with E-state index in [2.05, 4.69) is 25.3 Å². The number of carbonyl (C=O) groups excluding carboxylic acids is 1. The van der Waals surface area contributed by atoms with Crippen molar-refractivity contribution in [2.75, 3.05) is 12.9 Å². The molecule has 7 nitrogen and oxygen atoms in total. The minimum Gasteiger partial charge on any atom is -0.591 e. The van der Waals surface area contributed by atoms with Crippen molar-refractivity contribution in [3.8, 4) is 0 Å². The van der Waals surface area contributed by atoms with Crippen molar-refractivity contribution in [2.45, 2.75) is 57.0 Å². The van der Waals surface area contributed by atoms with Crippen LogP contribution in [0, 0.1) is 5.82 Å². The van der Waals surface area contributed by atoms with E-state index in [0.29, 0.717) is 35.0 Å². The molecule has 0 N–H and O–H groups in total. The molecule has 0 aliphatic heterocycles. The highest BCUT2D eigenvalue weighted by atomic mass is 79.9. The number of nitrogens with zero attached hydrogens (tertiary/aromatic N) is 3. The lowest BCUT2D eigenvalue weighted by Crippen LogP contribution is -2.29. The Kier molecular flexibility index (Phi) is 10.1. The van der Waals surface area contributed by atoms with E-state index in [-0.39, 0.29) is 23.4 Å². The van der Waals surface area contributed by atoms with Crippen LogP contribution in [0.25, 0.3) is 0 Å². The van der Waals surface area contributed by atoms with Gasteiger partial charge in [0.15, 0.2) is 5.16 Å². The molecular weight excluding hydrogens is 533 g/mol. The Bertz CT molecular complexity index is 1070. The highest BCUT2D eigenvalue weighted by Gasteiger charge is 2.28. The van der Waals surface area contributed by atoms with Gasteiger partial charge in [-0.1, -0.05) is 28.3 Å². The summed E-state index contributed by atoms with van der Waals surface area (Å²) in [4.78, 5) is 29.4. The predicted molar refractivity (Wildman–Crippen MR) is 134 cm³/mol. The van der Waals surface area contributed by atoms with Gasteiger partial charge in [-0.15, -0.1) is 0 Å². The maximum absolute atomic E-state index is 13.4. The van der Waals surface area contributed by atoms with Crippen LogP contribution in [-0.2, 0) is 33.9 Å². The molecule has 1 aromatic heterocycles. The lowest BCUT2D eigenvalue weighted by Gasteiger charge is -2.19. The molecule has 180 valence electrons. The predicted octanol–water partition coefficient (Wildman–Crippen LogP) is 4.31. The number of hydrogen-bond donors (Lipinski definition) is 0. The Labute approximate surface area is 208 Å². The lowest BCUT2D eigenvalue weighted by atomic mass is 10.0. The first-order chi connectivity index (χ1) is 15.5. The first-order valence-electron chi connectivity index (χ1n) is 10.2. The van der Waals surface area contributed by atoms with E-state index in [0.717, 1.165) is 0 Å². The molecule has 0 aliphatic carbocycles. The van der Waals surface area contributed by atoms with E-state index in [1.54, 1.807) is 25.3 Å². The Morgan fingerprint density at radius 3 is 2.52 bits per heavy atom. The number of aromatic nitrogens is 2. The van der Waals surface area contributed by atoms with Crippen molar-refractivity contribution in [2.24, 2.45) is 4.40 Å². The number of hydrogen-bond acceptors (Lipinski definition) is 7. The molecule has 33 heavy (non-hydrogen) atoms.